The van der Waals surface area contributed by atoms with Crippen LogP contribution in [0.2, 0.25) is 5.15 Å². The number of hydrogen-bond acceptors (Lipinski definition) is 7. The molecule has 0 spiro atoms. The zero-order chi connectivity index (χ0) is 13.0. The maximum Gasteiger partial charge on any atom is 0.350 e. The summed E-state index contributed by atoms with van der Waals surface area (Å²) in [6.45, 7) is 2.09. The van der Waals surface area contributed by atoms with Crippen molar-refractivity contribution in [1.29, 1.82) is 0 Å². The van der Waals surface area contributed by atoms with E-state index in [1.165, 1.54) is 23.9 Å². The maximum absolute atomic E-state index is 11.4. The molecule has 0 saturated heterocycles. The average Bonchev–Trinajstić information content (AvgIpc) is 2.78. The van der Waals surface area contributed by atoms with E-state index in [1.807, 2.05) is 0 Å². The second-order valence-corrected chi connectivity index (χ2v) is 4.52. The smallest absolute Gasteiger partial charge is 0.350 e. The minimum Gasteiger partial charge on any atom is -0.462 e. The number of ether oxygens (including phenoxy) is 1. The molecule has 0 aliphatic rings. The molecular formula is C10H9ClN4O2S. The Balaban J connectivity index is 2.09. The van der Waals surface area contributed by atoms with Gasteiger partial charge in [0, 0.05) is 6.07 Å². The van der Waals surface area contributed by atoms with Crippen LogP contribution in [0.5, 0.6) is 0 Å². The van der Waals surface area contributed by atoms with Crippen molar-refractivity contribution >= 4 is 39.9 Å². The number of halogens is 1. The Kier molecular flexibility index (Phi) is 4.06. The number of nitrogens with zero attached hydrogens (tertiary/aromatic N) is 3. The van der Waals surface area contributed by atoms with E-state index in [4.69, 9.17) is 16.3 Å². The van der Waals surface area contributed by atoms with Gasteiger partial charge < -0.3 is 10.1 Å². The number of carbonyl (C=O) groups is 1. The van der Waals surface area contributed by atoms with Gasteiger partial charge in [-0.25, -0.2) is 19.7 Å². The van der Waals surface area contributed by atoms with E-state index in [0.717, 1.165) is 0 Å². The number of rotatable bonds is 4. The van der Waals surface area contributed by atoms with Gasteiger partial charge in [-0.15, -0.1) is 0 Å². The van der Waals surface area contributed by atoms with Gasteiger partial charge in [-0.05, 0) is 6.92 Å². The Morgan fingerprint density at radius 2 is 2.33 bits per heavy atom. The van der Waals surface area contributed by atoms with Gasteiger partial charge in [0.25, 0.3) is 0 Å². The molecule has 2 heterocycles. The van der Waals surface area contributed by atoms with Gasteiger partial charge in [0.15, 0.2) is 5.13 Å². The highest BCUT2D eigenvalue weighted by Crippen LogP contribution is 2.22. The first-order valence-electron chi connectivity index (χ1n) is 5.06. The van der Waals surface area contributed by atoms with E-state index in [1.54, 1.807) is 13.0 Å². The van der Waals surface area contributed by atoms with Crippen LogP contribution in [0.1, 0.15) is 16.6 Å². The molecule has 0 atom stereocenters. The van der Waals surface area contributed by atoms with Crippen LogP contribution in [0.25, 0.3) is 0 Å². The number of hydrogen-bond donors (Lipinski definition) is 1. The number of esters is 1. The van der Waals surface area contributed by atoms with Crippen molar-refractivity contribution in [3.63, 3.8) is 0 Å². The minimum absolute atomic E-state index is 0.328. The van der Waals surface area contributed by atoms with Gasteiger partial charge in [-0.2, -0.15) is 0 Å². The van der Waals surface area contributed by atoms with Crippen molar-refractivity contribution in [3.05, 3.63) is 28.6 Å². The van der Waals surface area contributed by atoms with E-state index < -0.39 is 0 Å². The molecule has 0 aliphatic heterocycles. The average molecular weight is 285 g/mol. The summed E-state index contributed by atoms with van der Waals surface area (Å²) in [4.78, 5) is 23.6. The molecule has 8 heteroatoms. The lowest BCUT2D eigenvalue weighted by Gasteiger charge is -2.00. The van der Waals surface area contributed by atoms with Crippen molar-refractivity contribution in [2.45, 2.75) is 6.92 Å². The largest absolute Gasteiger partial charge is 0.462 e. The van der Waals surface area contributed by atoms with E-state index >= 15 is 0 Å². The van der Waals surface area contributed by atoms with Crippen LogP contribution in [-0.4, -0.2) is 27.5 Å². The Labute approximate surface area is 112 Å². The first-order chi connectivity index (χ1) is 8.69. The molecule has 0 saturated carbocycles. The normalized spacial score (nSPS) is 10.1. The summed E-state index contributed by atoms with van der Waals surface area (Å²) in [5.74, 6) is 0.128. The number of thiazole rings is 1. The third-order valence-electron chi connectivity index (χ3n) is 1.85. The van der Waals surface area contributed by atoms with Crippen LogP contribution < -0.4 is 5.32 Å². The van der Waals surface area contributed by atoms with E-state index in [2.05, 4.69) is 20.3 Å². The van der Waals surface area contributed by atoms with Gasteiger partial charge >= 0.3 is 5.97 Å². The van der Waals surface area contributed by atoms with E-state index in [-0.39, 0.29) is 5.97 Å². The van der Waals surface area contributed by atoms with Gasteiger partial charge in [-0.3, -0.25) is 0 Å². The highest BCUT2D eigenvalue weighted by Gasteiger charge is 2.11. The highest BCUT2D eigenvalue weighted by molar-refractivity contribution is 7.17. The van der Waals surface area contributed by atoms with Gasteiger partial charge in [0.2, 0.25) is 0 Å². The third-order valence-corrected chi connectivity index (χ3v) is 2.95. The molecule has 6 nitrogen and oxygen atoms in total. The summed E-state index contributed by atoms with van der Waals surface area (Å²) < 4.78 is 4.87. The maximum atomic E-state index is 11.4. The standard InChI is InChI=1S/C10H9ClN4O2S/c1-2-17-9(16)6-4-12-10(18-6)15-8-3-7(11)13-5-14-8/h3-5H,2H2,1H3,(H,12,13,14,15). The lowest BCUT2D eigenvalue weighted by molar-refractivity contribution is 0.0532. The van der Waals surface area contributed by atoms with Crippen molar-refractivity contribution in [2.75, 3.05) is 11.9 Å². The summed E-state index contributed by atoms with van der Waals surface area (Å²) in [6.07, 6.45) is 2.79. The molecule has 94 valence electrons. The van der Waals surface area contributed by atoms with Crippen LogP contribution in [-0.2, 0) is 4.74 Å². The molecule has 2 aromatic rings. The Hall–Kier alpha value is -1.73. The van der Waals surface area contributed by atoms with E-state index in [9.17, 15) is 4.79 Å². The summed E-state index contributed by atoms with van der Waals surface area (Å²) in [5, 5.41) is 3.79. The molecule has 0 fully saturated rings. The topological polar surface area (TPSA) is 77.0 Å². The summed E-state index contributed by atoms with van der Waals surface area (Å²) in [5.41, 5.74) is 0. The number of nitrogens with one attached hydrogen (secondary N) is 1. The van der Waals surface area contributed by atoms with Crippen molar-refractivity contribution in [2.24, 2.45) is 0 Å². The van der Waals surface area contributed by atoms with Crippen LogP contribution >= 0.6 is 22.9 Å². The van der Waals surface area contributed by atoms with Crippen molar-refractivity contribution in [3.8, 4) is 0 Å². The van der Waals surface area contributed by atoms with Crippen LogP contribution in [0.4, 0.5) is 10.9 Å². The van der Waals surface area contributed by atoms with E-state index in [0.29, 0.717) is 27.6 Å². The third kappa shape index (κ3) is 3.14. The lowest BCUT2D eigenvalue weighted by atomic mass is 10.5. The quantitative estimate of drug-likeness (QED) is 0.687. The zero-order valence-electron chi connectivity index (χ0n) is 9.38. The molecule has 2 rings (SSSR count). The van der Waals surface area contributed by atoms with Crippen LogP contribution in [0, 0.1) is 0 Å². The molecule has 1 N–H and O–H groups in total. The molecule has 0 amide bonds. The lowest BCUT2D eigenvalue weighted by Crippen LogP contribution is -2.01. The Morgan fingerprint density at radius 1 is 1.50 bits per heavy atom. The molecular weight excluding hydrogens is 276 g/mol. The SMILES string of the molecule is CCOC(=O)c1cnc(Nc2cc(Cl)ncn2)s1. The minimum atomic E-state index is -0.385. The number of aromatic nitrogens is 3. The molecule has 0 bridgehead atoms. The molecule has 0 radical (unpaired) electrons. The Bertz CT molecular complexity index is 560. The first-order valence-corrected chi connectivity index (χ1v) is 6.26. The fraction of sp³-hybridized carbons (Fsp3) is 0.200. The van der Waals surface area contributed by atoms with Gasteiger partial charge in [-0.1, -0.05) is 22.9 Å². The van der Waals surface area contributed by atoms with Crippen molar-refractivity contribution < 1.29 is 9.53 Å². The van der Waals surface area contributed by atoms with Crippen LogP contribution in [0.15, 0.2) is 18.6 Å². The highest BCUT2D eigenvalue weighted by atomic mass is 35.5. The van der Waals surface area contributed by atoms with Gasteiger partial charge in [0.05, 0.1) is 12.8 Å². The van der Waals surface area contributed by atoms with Crippen LogP contribution in [0.3, 0.4) is 0 Å². The predicted molar refractivity (Wildman–Crippen MR) is 68.4 cm³/mol. The first kappa shape index (κ1) is 12.7. The number of carbonyl (C=O) groups excluding carboxylic acids is 1. The molecule has 18 heavy (non-hydrogen) atoms. The van der Waals surface area contributed by atoms with Crippen molar-refractivity contribution in [1.82, 2.24) is 15.0 Å². The molecule has 2 aromatic heterocycles. The summed E-state index contributed by atoms with van der Waals surface area (Å²) in [6, 6.07) is 1.56. The zero-order valence-corrected chi connectivity index (χ0v) is 11.0. The summed E-state index contributed by atoms with van der Waals surface area (Å²) in [7, 11) is 0. The fourth-order valence-electron chi connectivity index (χ4n) is 1.14. The molecule has 0 aromatic carbocycles. The fourth-order valence-corrected chi connectivity index (χ4v) is 2.00. The Morgan fingerprint density at radius 3 is 3.06 bits per heavy atom. The summed E-state index contributed by atoms with van der Waals surface area (Å²) >= 11 is 6.91. The monoisotopic (exact) mass is 284 g/mol. The van der Waals surface area contributed by atoms with Gasteiger partial charge in [0.1, 0.15) is 22.2 Å². The molecule has 0 unspecified atom stereocenters. The second-order valence-electron chi connectivity index (χ2n) is 3.10. The number of anilines is 2. The predicted octanol–water partition coefficient (Wildman–Crippen LogP) is 2.51. The second kappa shape index (κ2) is 5.74. The molecule has 0 aliphatic carbocycles.